The molecule has 0 unspecified atom stereocenters. The second-order valence-corrected chi connectivity index (χ2v) is 7.83. The number of rotatable bonds is 3. The number of nitrogens with two attached hydrogens (primary N) is 1. The minimum Gasteiger partial charge on any atom is -0.397 e. The highest BCUT2D eigenvalue weighted by Crippen LogP contribution is 2.38. The van der Waals surface area contributed by atoms with Crippen LogP contribution in [0.15, 0.2) is 30.3 Å². The van der Waals surface area contributed by atoms with Gasteiger partial charge in [0.25, 0.3) is 11.8 Å². The number of thiophene rings is 1. The molecule has 0 saturated heterocycles. The summed E-state index contributed by atoms with van der Waals surface area (Å²) in [6, 6.07) is 8.64. The maximum absolute atomic E-state index is 13.6. The maximum Gasteiger partial charge on any atom is 0.287 e. The lowest BCUT2D eigenvalue weighted by Gasteiger charge is -2.10. The number of hydrogen-bond acceptors (Lipinski definition) is 4. The van der Waals surface area contributed by atoms with Crippen molar-refractivity contribution in [1.82, 2.24) is 4.98 Å². The van der Waals surface area contributed by atoms with Gasteiger partial charge in [0.2, 0.25) is 0 Å². The fraction of sp³-hybridized carbons (Fsp3) is 0.176. The lowest BCUT2D eigenvalue weighted by Crippen LogP contribution is -2.12. The Bertz CT molecular complexity index is 982. The SMILES string of the molecule is Cc1cc(C(C)(F)F)nc2sc(C(=O)Nc3ccccc3I)c(N)c12. The number of aromatic nitrogens is 1. The molecule has 3 aromatic rings. The fourth-order valence-corrected chi connectivity index (χ4v) is 4.03. The van der Waals surface area contributed by atoms with Gasteiger partial charge in [-0.25, -0.2) is 4.98 Å². The molecule has 25 heavy (non-hydrogen) atoms. The van der Waals surface area contributed by atoms with E-state index in [1.54, 1.807) is 13.0 Å². The van der Waals surface area contributed by atoms with Gasteiger partial charge in [0.05, 0.1) is 11.4 Å². The third-order valence-corrected chi connectivity index (χ3v) is 5.71. The van der Waals surface area contributed by atoms with Crippen molar-refractivity contribution in [1.29, 1.82) is 0 Å². The molecule has 0 aliphatic rings. The zero-order valence-corrected chi connectivity index (χ0v) is 16.3. The zero-order valence-electron chi connectivity index (χ0n) is 13.4. The van der Waals surface area contributed by atoms with Crippen LogP contribution >= 0.6 is 33.9 Å². The first-order valence-corrected chi connectivity index (χ1v) is 9.22. The molecule has 0 aliphatic heterocycles. The number of pyridine rings is 1. The monoisotopic (exact) mass is 473 g/mol. The molecule has 3 N–H and O–H groups in total. The minimum absolute atomic E-state index is 0.263. The van der Waals surface area contributed by atoms with E-state index in [2.05, 4.69) is 32.9 Å². The number of nitrogens with zero attached hydrogens (tertiary/aromatic N) is 1. The number of nitrogens with one attached hydrogen (secondary N) is 1. The molecule has 0 radical (unpaired) electrons. The number of hydrogen-bond donors (Lipinski definition) is 2. The summed E-state index contributed by atoms with van der Waals surface area (Å²) in [5.41, 5.74) is 7.28. The number of amides is 1. The van der Waals surface area contributed by atoms with Crippen LogP contribution in [0, 0.1) is 10.5 Å². The van der Waals surface area contributed by atoms with Crippen LogP contribution < -0.4 is 11.1 Å². The van der Waals surface area contributed by atoms with Gasteiger partial charge in [-0.2, -0.15) is 8.78 Å². The van der Waals surface area contributed by atoms with Gasteiger partial charge in [0.15, 0.2) is 0 Å². The van der Waals surface area contributed by atoms with Crippen molar-refractivity contribution in [2.45, 2.75) is 19.8 Å². The van der Waals surface area contributed by atoms with Gasteiger partial charge < -0.3 is 11.1 Å². The van der Waals surface area contributed by atoms with Crippen molar-refractivity contribution in [2.75, 3.05) is 11.1 Å². The molecule has 0 bridgehead atoms. The molecule has 130 valence electrons. The first-order chi connectivity index (χ1) is 11.7. The summed E-state index contributed by atoms with van der Waals surface area (Å²) >= 11 is 3.13. The highest BCUT2D eigenvalue weighted by atomic mass is 127. The Morgan fingerprint density at radius 3 is 2.68 bits per heavy atom. The Kier molecular flexibility index (Phi) is 4.67. The Morgan fingerprint density at radius 2 is 2.04 bits per heavy atom. The van der Waals surface area contributed by atoms with Crippen LogP contribution in [0.2, 0.25) is 0 Å². The molecule has 0 fully saturated rings. The topological polar surface area (TPSA) is 68.0 Å². The van der Waals surface area contributed by atoms with E-state index in [1.807, 2.05) is 18.2 Å². The predicted molar refractivity (Wildman–Crippen MR) is 105 cm³/mol. The second kappa shape index (κ2) is 6.49. The van der Waals surface area contributed by atoms with Crippen LogP contribution in [0.3, 0.4) is 0 Å². The summed E-state index contributed by atoms with van der Waals surface area (Å²) in [5, 5.41) is 3.35. The van der Waals surface area contributed by atoms with Gasteiger partial charge in [-0.15, -0.1) is 11.3 Å². The van der Waals surface area contributed by atoms with Crippen LogP contribution in [0.5, 0.6) is 0 Å². The third-order valence-electron chi connectivity index (χ3n) is 3.67. The van der Waals surface area contributed by atoms with Crippen molar-refractivity contribution in [3.63, 3.8) is 0 Å². The number of alkyl halides is 2. The van der Waals surface area contributed by atoms with Gasteiger partial charge in [-0.05, 0) is 53.3 Å². The lowest BCUT2D eigenvalue weighted by molar-refractivity contribution is 0.0131. The first kappa shape index (κ1) is 18.0. The first-order valence-electron chi connectivity index (χ1n) is 7.32. The van der Waals surface area contributed by atoms with E-state index in [1.165, 1.54) is 6.07 Å². The molecule has 2 heterocycles. The van der Waals surface area contributed by atoms with Gasteiger partial charge in [0, 0.05) is 15.9 Å². The standard InChI is InChI=1S/C17H14F2IN3OS/c1-8-7-11(17(2,18)19)23-16-12(8)13(21)14(25-16)15(24)22-10-6-4-3-5-9(10)20/h3-7H,21H2,1-2H3,(H,22,24). The van der Waals surface area contributed by atoms with E-state index in [0.29, 0.717) is 21.5 Å². The lowest BCUT2D eigenvalue weighted by atomic mass is 10.1. The number of aryl methyl sites for hydroxylation is 1. The number of anilines is 2. The Morgan fingerprint density at radius 1 is 1.36 bits per heavy atom. The number of nitrogen functional groups attached to an aromatic ring is 1. The van der Waals surface area contributed by atoms with Gasteiger partial charge in [-0.3, -0.25) is 4.79 Å². The average molecular weight is 473 g/mol. The van der Waals surface area contributed by atoms with E-state index >= 15 is 0 Å². The van der Waals surface area contributed by atoms with Gasteiger partial charge in [0.1, 0.15) is 15.4 Å². The largest absolute Gasteiger partial charge is 0.397 e. The predicted octanol–water partition coefficient (Wildman–Crippen LogP) is 5.16. The average Bonchev–Trinajstić information content (AvgIpc) is 2.86. The molecule has 0 spiro atoms. The van der Waals surface area contributed by atoms with Crippen LogP contribution in [-0.2, 0) is 5.92 Å². The molecule has 2 aromatic heterocycles. The maximum atomic E-state index is 13.6. The van der Waals surface area contributed by atoms with Crippen molar-refractivity contribution in [3.8, 4) is 0 Å². The molecule has 0 atom stereocenters. The van der Waals surface area contributed by atoms with Crippen LogP contribution in [0.1, 0.15) is 27.9 Å². The molecule has 1 amide bonds. The quantitative estimate of drug-likeness (QED) is 0.517. The summed E-state index contributed by atoms with van der Waals surface area (Å²) in [5.74, 6) is -3.44. The number of benzene rings is 1. The number of carbonyl (C=O) groups is 1. The van der Waals surface area contributed by atoms with Crippen LogP contribution in [-0.4, -0.2) is 10.9 Å². The molecule has 3 rings (SSSR count). The fourth-order valence-electron chi connectivity index (χ4n) is 2.45. The molecule has 1 aromatic carbocycles. The second-order valence-electron chi connectivity index (χ2n) is 5.67. The van der Waals surface area contributed by atoms with Crippen molar-refractivity contribution in [3.05, 3.63) is 50.0 Å². The Labute approximate surface area is 160 Å². The van der Waals surface area contributed by atoms with Crippen molar-refractivity contribution >= 4 is 61.4 Å². The van der Waals surface area contributed by atoms with E-state index < -0.39 is 5.92 Å². The molecular weight excluding hydrogens is 459 g/mol. The summed E-state index contributed by atoms with van der Waals surface area (Å²) in [6.07, 6.45) is 0. The smallest absolute Gasteiger partial charge is 0.287 e. The van der Waals surface area contributed by atoms with Crippen LogP contribution in [0.4, 0.5) is 20.2 Å². The van der Waals surface area contributed by atoms with Crippen molar-refractivity contribution < 1.29 is 13.6 Å². The molecule has 4 nitrogen and oxygen atoms in total. The summed E-state index contributed by atoms with van der Waals surface area (Å²) in [4.78, 5) is 17.2. The highest BCUT2D eigenvalue weighted by molar-refractivity contribution is 14.1. The summed E-state index contributed by atoms with van der Waals surface area (Å²) in [6.45, 7) is 2.48. The van der Waals surface area contributed by atoms with Gasteiger partial charge in [-0.1, -0.05) is 12.1 Å². The number of fused-ring (bicyclic) bond motifs is 1. The van der Waals surface area contributed by atoms with E-state index in [0.717, 1.165) is 21.8 Å². The van der Waals surface area contributed by atoms with Crippen molar-refractivity contribution in [2.24, 2.45) is 0 Å². The highest BCUT2D eigenvalue weighted by Gasteiger charge is 2.29. The van der Waals surface area contributed by atoms with E-state index in [-0.39, 0.29) is 22.2 Å². The number of para-hydroxylation sites is 1. The number of halogens is 3. The summed E-state index contributed by atoms with van der Waals surface area (Å²) < 4.78 is 28.1. The minimum atomic E-state index is -3.06. The zero-order chi connectivity index (χ0) is 18.4. The van der Waals surface area contributed by atoms with E-state index in [4.69, 9.17) is 5.73 Å². The van der Waals surface area contributed by atoms with E-state index in [9.17, 15) is 13.6 Å². The molecular formula is C17H14F2IN3OS. The third kappa shape index (κ3) is 3.45. The molecule has 0 saturated carbocycles. The Balaban J connectivity index is 2.05. The summed E-state index contributed by atoms with van der Waals surface area (Å²) in [7, 11) is 0. The molecule has 8 heteroatoms. The van der Waals surface area contributed by atoms with Gasteiger partial charge >= 0.3 is 0 Å². The Hall–Kier alpha value is -1.81. The molecule has 0 aliphatic carbocycles. The van der Waals surface area contributed by atoms with Crippen LogP contribution in [0.25, 0.3) is 10.2 Å². The normalized spacial score (nSPS) is 11.7. The number of carbonyl (C=O) groups excluding carboxylic acids is 1.